The number of benzene rings is 1. The molecule has 19 heavy (non-hydrogen) atoms. The molecular formula is C15H20IN3. The van der Waals surface area contributed by atoms with Crippen LogP contribution in [0.5, 0.6) is 0 Å². The lowest BCUT2D eigenvalue weighted by Gasteiger charge is -2.24. The molecule has 102 valence electrons. The highest BCUT2D eigenvalue weighted by Gasteiger charge is 2.13. The molecule has 1 aromatic carbocycles. The molecule has 2 rings (SSSR count). The van der Waals surface area contributed by atoms with Gasteiger partial charge in [-0.3, -0.25) is 0 Å². The lowest BCUT2D eigenvalue weighted by atomic mass is 10.0. The average Bonchev–Trinajstić information content (AvgIpc) is 2.84. The van der Waals surface area contributed by atoms with Crippen LogP contribution in [0, 0.1) is 3.57 Å². The van der Waals surface area contributed by atoms with Gasteiger partial charge in [0.15, 0.2) is 0 Å². The van der Waals surface area contributed by atoms with Gasteiger partial charge in [-0.25, -0.2) is 4.68 Å². The van der Waals surface area contributed by atoms with Gasteiger partial charge in [0.05, 0.1) is 15.5 Å². The van der Waals surface area contributed by atoms with Crippen molar-refractivity contribution in [2.45, 2.75) is 39.3 Å². The molecule has 0 aliphatic carbocycles. The van der Waals surface area contributed by atoms with Crippen LogP contribution in [0.2, 0.25) is 0 Å². The van der Waals surface area contributed by atoms with Crippen molar-refractivity contribution in [3.8, 4) is 5.69 Å². The fourth-order valence-electron chi connectivity index (χ4n) is 1.67. The highest BCUT2D eigenvalue weighted by atomic mass is 127. The van der Waals surface area contributed by atoms with Crippen molar-refractivity contribution in [1.29, 1.82) is 0 Å². The maximum absolute atomic E-state index is 4.31. The molecule has 0 aliphatic rings. The lowest BCUT2D eigenvalue weighted by Crippen LogP contribution is -2.37. The van der Waals surface area contributed by atoms with E-state index in [1.165, 1.54) is 5.56 Å². The summed E-state index contributed by atoms with van der Waals surface area (Å²) in [5.41, 5.74) is 2.59. The monoisotopic (exact) mass is 369 g/mol. The van der Waals surface area contributed by atoms with Gasteiger partial charge in [0.2, 0.25) is 0 Å². The summed E-state index contributed by atoms with van der Waals surface area (Å²) in [4.78, 5) is 0. The summed E-state index contributed by atoms with van der Waals surface area (Å²) < 4.78 is 3.04. The zero-order chi connectivity index (χ0) is 13.9. The Morgan fingerprint density at radius 2 is 1.95 bits per heavy atom. The van der Waals surface area contributed by atoms with Crippen molar-refractivity contribution < 1.29 is 0 Å². The minimum absolute atomic E-state index is 0.191. The fourth-order valence-corrected chi connectivity index (χ4v) is 2.06. The van der Waals surface area contributed by atoms with Gasteiger partial charge in [0.1, 0.15) is 0 Å². The Kier molecular flexibility index (Phi) is 4.62. The number of halogens is 1. The first-order valence-corrected chi connectivity index (χ1v) is 7.62. The zero-order valence-corrected chi connectivity index (χ0v) is 13.8. The molecule has 0 unspecified atom stereocenters. The number of nitrogens with one attached hydrogen (secondary N) is 1. The summed E-state index contributed by atoms with van der Waals surface area (Å²) in [6.07, 6.45) is 5.00. The molecule has 2 aromatic rings. The molecule has 0 atom stereocenters. The van der Waals surface area contributed by atoms with Crippen molar-refractivity contribution >= 4 is 22.6 Å². The first-order valence-electron chi connectivity index (χ1n) is 6.55. The zero-order valence-electron chi connectivity index (χ0n) is 11.7. The topological polar surface area (TPSA) is 29.9 Å². The Balaban J connectivity index is 2.03. The van der Waals surface area contributed by atoms with Crippen LogP contribution in [0.4, 0.5) is 0 Å². The van der Waals surface area contributed by atoms with Gasteiger partial charge in [0, 0.05) is 18.3 Å². The van der Waals surface area contributed by atoms with Crippen LogP contribution in [0.3, 0.4) is 0 Å². The molecule has 1 aromatic heterocycles. The van der Waals surface area contributed by atoms with Gasteiger partial charge < -0.3 is 5.32 Å². The molecule has 1 N–H and O–H groups in total. The molecule has 0 aliphatic heterocycles. The second kappa shape index (κ2) is 6.05. The van der Waals surface area contributed by atoms with Crippen LogP contribution in [-0.2, 0) is 6.54 Å². The number of aromatic nitrogens is 2. The van der Waals surface area contributed by atoms with Crippen LogP contribution in [0.15, 0.2) is 36.7 Å². The van der Waals surface area contributed by atoms with Crippen molar-refractivity contribution in [3.05, 3.63) is 45.8 Å². The molecule has 0 saturated carbocycles. The van der Waals surface area contributed by atoms with Gasteiger partial charge >= 0.3 is 0 Å². The van der Waals surface area contributed by atoms with Crippen LogP contribution >= 0.6 is 22.6 Å². The molecule has 0 radical (unpaired) electrons. The summed E-state index contributed by atoms with van der Waals surface area (Å²) >= 11 is 2.27. The minimum atomic E-state index is 0.191. The van der Waals surface area contributed by atoms with Crippen LogP contribution in [0.25, 0.3) is 5.69 Å². The van der Waals surface area contributed by atoms with E-state index in [0.717, 1.165) is 22.2 Å². The lowest BCUT2D eigenvalue weighted by molar-refractivity contribution is 0.374. The van der Waals surface area contributed by atoms with E-state index in [2.05, 4.69) is 78.0 Å². The summed E-state index contributed by atoms with van der Waals surface area (Å²) in [6.45, 7) is 7.56. The second-order valence-electron chi connectivity index (χ2n) is 5.36. The second-order valence-corrected chi connectivity index (χ2v) is 6.61. The predicted octanol–water partition coefficient (Wildman–Crippen LogP) is 3.76. The molecule has 0 spiro atoms. The largest absolute Gasteiger partial charge is 0.308 e. The molecule has 1 heterocycles. The molecule has 0 fully saturated rings. The van der Waals surface area contributed by atoms with Crippen molar-refractivity contribution in [2.75, 3.05) is 0 Å². The van der Waals surface area contributed by atoms with Gasteiger partial charge in [-0.15, -0.1) is 0 Å². The summed E-state index contributed by atoms with van der Waals surface area (Å²) in [5.74, 6) is 0. The predicted molar refractivity (Wildman–Crippen MR) is 87.5 cm³/mol. The van der Waals surface area contributed by atoms with Gasteiger partial charge in [-0.05, 0) is 60.6 Å². The van der Waals surface area contributed by atoms with E-state index < -0.39 is 0 Å². The Hall–Kier alpha value is -0.880. The summed E-state index contributed by atoms with van der Waals surface area (Å²) in [6, 6.07) is 8.53. The van der Waals surface area contributed by atoms with Crippen molar-refractivity contribution in [1.82, 2.24) is 15.1 Å². The third kappa shape index (κ3) is 4.04. The van der Waals surface area contributed by atoms with Gasteiger partial charge in [0.25, 0.3) is 0 Å². The van der Waals surface area contributed by atoms with Crippen molar-refractivity contribution in [3.63, 3.8) is 0 Å². The Bertz CT molecular complexity index is 529. The highest BCUT2D eigenvalue weighted by Crippen LogP contribution is 2.13. The molecule has 4 heteroatoms. The minimum Gasteiger partial charge on any atom is -0.308 e. The van der Waals surface area contributed by atoms with E-state index >= 15 is 0 Å². The smallest absolute Gasteiger partial charge is 0.0646 e. The number of hydrogen-bond donors (Lipinski definition) is 1. The Labute approximate surface area is 128 Å². The highest BCUT2D eigenvalue weighted by molar-refractivity contribution is 14.1. The van der Waals surface area contributed by atoms with Crippen LogP contribution in [0.1, 0.15) is 32.8 Å². The summed E-state index contributed by atoms with van der Waals surface area (Å²) in [5, 5.41) is 7.87. The average molecular weight is 369 g/mol. The first-order chi connectivity index (χ1) is 9.00. The third-order valence-electron chi connectivity index (χ3n) is 3.41. The van der Waals surface area contributed by atoms with Gasteiger partial charge in [-0.1, -0.05) is 19.1 Å². The van der Waals surface area contributed by atoms with E-state index in [1.807, 2.05) is 17.1 Å². The van der Waals surface area contributed by atoms with E-state index in [0.29, 0.717) is 0 Å². The molecule has 0 bridgehead atoms. The number of rotatable bonds is 5. The third-order valence-corrected chi connectivity index (χ3v) is 3.96. The fraction of sp³-hybridized carbons (Fsp3) is 0.400. The standard InChI is InChI=1S/C15H20IN3/c1-4-15(2,3)17-9-12-5-7-14(8-6-12)19-11-13(16)10-18-19/h5-8,10-11,17H,4,9H2,1-3H3. The Morgan fingerprint density at radius 1 is 1.26 bits per heavy atom. The SMILES string of the molecule is CCC(C)(C)NCc1ccc(-n2cc(I)cn2)cc1. The van der Waals surface area contributed by atoms with Crippen molar-refractivity contribution in [2.24, 2.45) is 0 Å². The first kappa shape index (κ1) is 14.5. The normalized spacial score (nSPS) is 11.8. The number of nitrogens with zero attached hydrogens (tertiary/aromatic N) is 2. The van der Waals surface area contributed by atoms with E-state index in [4.69, 9.17) is 0 Å². The van der Waals surface area contributed by atoms with E-state index in [1.54, 1.807) is 0 Å². The van der Waals surface area contributed by atoms with Crippen LogP contribution < -0.4 is 5.32 Å². The molecule has 0 amide bonds. The number of hydrogen-bond acceptors (Lipinski definition) is 2. The summed E-state index contributed by atoms with van der Waals surface area (Å²) in [7, 11) is 0. The molecular weight excluding hydrogens is 349 g/mol. The Morgan fingerprint density at radius 3 is 2.47 bits per heavy atom. The van der Waals surface area contributed by atoms with E-state index in [9.17, 15) is 0 Å². The van der Waals surface area contributed by atoms with Gasteiger partial charge in [-0.2, -0.15) is 5.10 Å². The quantitative estimate of drug-likeness (QED) is 0.814. The molecule has 0 saturated heterocycles. The maximum atomic E-state index is 4.31. The molecule has 3 nitrogen and oxygen atoms in total. The van der Waals surface area contributed by atoms with Crippen LogP contribution in [-0.4, -0.2) is 15.3 Å². The van der Waals surface area contributed by atoms with E-state index in [-0.39, 0.29) is 5.54 Å². The maximum Gasteiger partial charge on any atom is 0.0646 e.